The predicted octanol–water partition coefficient (Wildman–Crippen LogP) is 0.896. The first kappa shape index (κ1) is 12.9. The maximum Gasteiger partial charge on any atom is 0.226 e. The maximum atomic E-state index is 13.1. The van der Waals surface area contributed by atoms with Gasteiger partial charge in [0.25, 0.3) is 0 Å². The van der Waals surface area contributed by atoms with Gasteiger partial charge in [0.05, 0.1) is 5.41 Å². The first-order valence-corrected chi connectivity index (χ1v) is 5.51. The van der Waals surface area contributed by atoms with Crippen molar-refractivity contribution in [2.45, 2.75) is 45.2 Å². The summed E-state index contributed by atoms with van der Waals surface area (Å²) in [5, 5.41) is 2.66. The molecule has 1 fully saturated rings. The molecule has 4 nitrogen and oxygen atoms in total. The lowest BCUT2D eigenvalue weighted by atomic mass is 10.0. The molecule has 0 radical (unpaired) electrons. The van der Waals surface area contributed by atoms with Crippen LogP contribution in [0.1, 0.15) is 39.5 Å². The summed E-state index contributed by atoms with van der Waals surface area (Å²) in [7, 11) is 0. The fourth-order valence-corrected chi connectivity index (χ4v) is 1.63. The minimum atomic E-state index is -1.28. The standard InChI is InChI=1S/C11H19FN2O2/c1-10(2,12)5-6-14-9(16)11(3-4-11)7-8(13)15/h3-7H2,1-2H3,(H2,13,15)(H,14,16). The van der Waals surface area contributed by atoms with E-state index in [2.05, 4.69) is 5.32 Å². The van der Waals surface area contributed by atoms with E-state index in [-0.39, 0.29) is 18.7 Å². The predicted molar refractivity (Wildman–Crippen MR) is 58.3 cm³/mol. The van der Waals surface area contributed by atoms with Crippen LogP contribution in [0.15, 0.2) is 0 Å². The van der Waals surface area contributed by atoms with E-state index in [1.807, 2.05) is 0 Å². The molecule has 3 N–H and O–H groups in total. The van der Waals surface area contributed by atoms with Crippen molar-refractivity contribution in [2.24, 2.45) is 11.1 Å². The minimum absolute atomic E-state index is 0.0951. The van der Waals surface area contributed by atoms with Gasteiger partial charge in [0, 0.05) is 13.0 Å². The van der Waals surface area contributed by atoms with E-state index in [0.29, 0.717) is 19.4 Å². The molecule has 0 bridgehead atoms. The van der Waals surface area contributed by atoms with Crippen LogP contribution in [-0.4, -0.2) is 24.0 Å². The Hall–Kier alpha value is -1.13. The SMILES string of the molecule is CC(C)(F)CCNC(=O)C1(CC(N)=O)CC1. The van der Waals surface area contributed by atoms with E-state index in [4.69, 9.17) is 5.73 Å². The maximum absolute atomic E-state index is 13.1. The lowest BCUT2D eigenvalue weighted by molar-refractivity contribution is -0.130. The van der Waals surface area contributed by atoms with Crippen molar-refractivity contribution in [3.63, 3.8) is 0 Å². The molecule has 1 rings (SSSR count). The molecule has 0 heterocycles. The molecular formula is C11H19FN2O2. The Balaban J connectivity index is 2.33. The third-order valence-electron chi connectivity index (χ3n) is 2.85. The fourth-order valence-electron chi connectivity index (χ4n) is 1.63. The van der Waals surface area contributed by atoms with Crippen molar-refractivity contribution >= 4 is 11.8 Å². The van der Waals surface area contributed by atoms with Crippen molar-refractivity contribution in [1.29, 1.82) is 0 Å². The van der Waals surface area contributed by atoms with Crippen LogP contribution >= 0.6 is 0 Å². The monoisotopic (exact) mass is 230 g/mol. The normalized spacial score (nSPS) is 17.9. The summed E-state index contributed by atoms with van der Waals surface area (Å²) in [4.78, 5) is 22.5. The van der Waals surface area contributed by atoms with Gasteiger partial charge < -0.3 is 11.1 Å². The molecule has 0 unspecified atom stereocenters. The van der Waals surface area contributed by atoms with Gasteiger partial charge >= 0.3 is 0 Å². The molecule has 16 heavy (non-hydrogen) atoms. The van der Waals surface area contributed by atoms with Crippen molar-refractivity contribution in [2.75, 3.05) is 6.54 Å². The number of hydrogen-bond acceptors (Lipinski definition) is 2. The fraction of sp³-hybridized carbons (Fsp3) is 0.818. The first-order chi connectivity index (χ1) is 7.25. The average Bonchev–Trinajstić information content (AvgIpc) is 2.82. The van der Waals surface area contributed by atoms with Gasteiger partial charge in [-0.3, -0.25) is 9.59 Å². The molecule has 0 aromatic heterocycles. The van der Waals surface area contributed by atoms with E-state index in [1.165, 1.54) is 13.8 Å². The van der Waals surface area contributed by atoms with Crippen molar-refractivity contribution in [3.8, 4) is 0 Å². The Morgan fingerprint density at radius 2 is 2.00 bits per heavy atom. The zero-order valence-corrected chi connectivity index (χ0v) is 9.81. The Kier molecular flexibility index (Phi) is 3.55. The molecule has 0 aromatic rings. The van der Waals surface area contributed by atoms with Gasteiger partial charge in [0.1, 0.15) is 5.67 Å². The van der Waals surface area contributed by atoms with Crippen molar-refractivity contribution in [1.82, 2.24) is 5.32 Å². The number of carbonyl (C=O) groups excluding carboxylic acids is 2. The van der Waals surface area contributed by atoms with Gasteiger partial charge in [-0.15, -0.1) is 0 Å². The Labute approximate surface area is 94.8 Å². The molecule has 2 amide bonds. The number of halogens is 1. The van der Waals surface area contributed by atoms with E-state index >= 15 is 0 Å². The molecule has 1 saturated carbocycles. The Morgan fingerprint density at radius 1 is 1.44 bits per heavy atom. The van der Waals surface area contributed by atoms with Gasteiger partial charge in [0.2, 0.25) is 11.8 Å². The van der Waals surface area contributed by atoms with Crippen LogP contribution in [0.3, 0.4) is 0 Å². The van der Waals surface area contributed by atoms with Crippen LogP contribution in [0.4, 0.5) is 4.39 Å². The highest BCUT2D eigenvalue weighted by atomic mass is 19.1. The highest BCUT2D eigenvalue weighted by Gasteiger charge is 2.50. The number of carbonyl (C=O) groups is 2. The largest absolute Gasteiger partial charge is 0.370 e. The molecule has 1 aliphatic rings. The second-order valence-electron chi connectivity index (χ2n) is 5.15. The first-order valence-electron chi connectivity index (χ1n) is 5.51. The summed E-state index contributed by atoms with van der Waals surface area (Å²) < 4.78 is 13.1. The van der Waals surface area contributed by atoms with Crippen LogP contribution in [0.25, 0.3) is 0 Å². The third kappa shape index (κ3) is 3.79. The highest BCUT2D eigenvalue weighted by molar-refractivity contribution is 5.90. The molecule has 0 saturated heterocycles. The van der Waals surface area contributed by atoms with Crippen LogP contribution in [0.5, 0.6) is 0 Å². The average molecular weight is 230 g/mol. The Bertz CT molecular complexity index is 293. The van der Waals surface area contributed by atoms with Crippen LogP contribution in [0.2, 0.25) is 0 Å². The number of amides is 2. The van der Waals surface area contributed by atoms with E-state index in [1.54, 1.807) is 0 Å². The zero-order valence-electron chi connectivity index (χ0n) is 9.81. The van der Waals surface area contributed by atoms with Crippen LogP contribution < -0.4 is 11.1 Å². The summed E-state index contributed by atoms with van der Waals surface area (Å²) in [5.74, 6) is -0.631. The van der Waals surface area contributed by atoms with Gasteiger partial charge in [-0.1, -0.05) is 0 Å². The molecule has 0 spiro atoms. The van der Waals surface area contributed by atoms with Crippen LogP contribution in [0, 0.1) is 5.41 Å². The number of nitrogens with one attached hydrogen (secondary N) is 1. The summed E-state index contributed by atoms with van der Waals surface area (Å²) in [6.45, 7) is 3.23. The molecule has 92 valence electrons. The molecule has 0 aromatic carbocycles. The van der Waals surface area contributed by atoms with Crippen LogP contribution in [-0.2, 0) is 9.59 Å². The number of rotatable bonds is 6. The smallest absolute Gasteiger partial charge is 0.226 e. The molecule has 0 aliphatic heterocycles. The van der Waals surface area contributed by atoms with Gasteiger partial charge in [-0.2, -0.15) is 0 Å². The summed E-state index contributed by atoms with van der Waals surface area (Å²) >= 11 is 0. The Morgan fingerprint density at radius 3 is 2.38 bits per heavy atom. The number of hydrogen-bond donors (Lipinski definition) is 2. The zero-order chi connectivity index (χ0) is 12.4. The van der Waals surface area contributed by atoms with E-state index in [9.17, 15) is 14.0 Å². The third-order valence-corrected chi connectivity index (χ3v) is 2.85. The summed E-state index contributed by atoms with van der Waals surface area (Å²) in [6, 6.07) is 0. The van der Waals surface area contributed by atoms with Crippen molar-refractivity contribution in [3.05, 3.63) is 0 Å². The highest BCUT2D eigenvalue weighted by Crippen LogP contribution is 2.48. The van der Waals surface area contributed by atoms with Gasteiger partial charge in [0.15, 0.2) is 0 Å². The second kappa shape index (κ2) is 4.39. The van der Waals surface area contributed by atoms with Gasteiger partial charge in [-0.25, -0.2) is 4.39 Å². The number of nitrogens with two attached hydrogens (primary N) is 1. The number of primary amides is 1. The lowest BCUT2D eigenvalue weighted by Crippen LogP contribution is -2.36. The topological polar surface area (TPSA) is 72.2 Å². The molecular weight excluding hydrogens is 211 g/mol. The molecule has 1 aliphatic carbocycles. The second-order valence-corrected chi connectivity index (χ2v) is 5.15. The van der Waals surface area contributed by atoms with Crippen molar-refractivity contribution < 1.29 is 14.0 Å². The summed E-state index contributed by atoms with van der Waals surface area (Å²) in [6.07, 6.45) is 1.75. The molecule has 5 heteroatoms. The van der Waals surface area contributed by atoms with E-state index in [0.717, 1.165) is 0 Å². The van der Waals surface area contributed by atoms with Gasteiger partial charge in [-0.05, 0) is 33.1 Å². The quantitative estimate of drug-likeness (QED) is 0.711. The molecule has 0 atom stereocenters. The summed E-state index contributed by atoms with van der Waals surface area (Å²) in [5.41, 5.74) is 3.20. The lowest BCUT2D eigenvalue weighted by Gasteiger charge is -2.17. The minimum Gasteiger partial charge on any atom is -0.370 e. The van der Waals surface area contributed by atoms with E-state index < -0.39 is 17.0 Å². The number of alkyl halides is 1.